The Hall–Kier alpha value is 0.0800. The van der Waals surface area contributed by atoms with Crippen molar-refractivity contribution in [2.75, 3.05) is 19.7 Å². The van der Waals surface area contributed by atoms with E-state index in [-0.39, 0.29) is 24.0 Å². The summed E-state index contributed by atoms with van der Waals surface area (Å²) in [5.41, 5.74) is 5.64. The van der Waals surface area contributed by atoms with Gasteiger partial charge in [-0.1, -0.05) is 46.1 Å². The van der Waals surface area contributed by atoms with Crippen molar-refractivity contribution in [3.63, 3.8) is 0 Å². The second-order valence-electron chi connectivity index (χ2n) is 3.74. The molecule has 0 spiro atoms. The van der Waals surface area contributed by atoms with E-state index in [0.29, 0.717) is 41.5 Å². The molecule has 0 amide bonds. The molecule has 8 heteroatoms. The number of nitrogens with two attached hydrogens (primary N) is 1. The van der Waals surface area contributed by atoms with Crippen LogP contribution in [-0.4, -0.2) is 25.7 Å². The van der Waals surface area contributed by atoms with Crippen LogP contribution in [0.5, 0.6) is 5.75 Å². The molecule has 0 atom stereocenters. The molecule has 0 heterocycles. The van der Waals surface area contributed by atoms with Gasteiger partial charge < -0.3 is 15.8 Å². The molecule has 1 aromatic carbocycles. The third kappa shape index (κ3) is 7.19. The summed E-state index contributed by atoms with van der Waals surface area (Å²) in [7, 11) is 0. The highest BCUT2D eigenvalue weighted by atomic mass is 127. The molecule has 0 aliphatic rings. The minimum absolute atomic E-state index is 0. The van der Waals surface area contributed by atoms with Crippen molar-refractivity contribution in [1.29, 1.82) is 0 Å². The average Bonchev–Trinajstić information content (AvgIpc) is 2.34. The smallest absolute Gasteiger partial charge is 0.188 e. The first-order chi connectivity index (χ1) is 9.04. The zero-order valence-electron chi connectivity index (χ0n) is 11.0. The van der Waals surface area contributed by atoms with E-state index in [1.807, 2.05) is 6.92 Å². The first kappa shape index (κ1) is 20.1. The van der Waals surface area contributed by atoms with Crippen molar-refractivity contribution >= 4 is 69.1 Å². The number of hydrogen-bond donors (Lipinski definition) is 2. The molecule has 0 unspecified atom stereocenters. The van der Waals surface area contributed by atoms with Crippen molar-refractivity contribution in [2.45, 2.75) is 13.3 Å². The second-order valence-corrected chi connectivity index (χ2v) is 5.47. The van der Waals surface area contributed by atoms with E-state index in [9.17, 15) is 0 Å². The van der Waals surface area contributed by atoms with Gasteiger partial charge in [0.1, 0.15) is 6.61 Å². The summed E-state index contributed by atoms with van der Waals surface area (Å²) >= 11 is 15.4. The van der Waals surface area contributed by atoms with Crippen LogP contribution in [0, 0.1) is 0 Å². The van der Waals surface area contributed by atoms with Crippen LogP contribution < -0.4 is 15.8 Å². The van der Waals surface area contributed by atoms with E-state index in [1.54, 1.807) is 12.1 Å². The van der Waals surface area contributed by atoms with Gasteiger partial charge in [-0.05, 0) is 18.6 Å². The lowest BCUT2D eigenvalue weighted by atomic mass is 10.3. The number of nitrogens with zero attached hydrogens (tertiary/aromatic N) is 1. The summed E-state index contributed by atoms with van der Waals surface area (Å²) in [6, 6.07) is 3.46. The molecule has 0 bridgehead atoms. The Kier molecular flexibility index (Phi) is 10.8. The molecule has 0 saturated heterocycles. The molecule has 0 aromatic heterocycles. The van der Waals surface area contributed by atoms with Crippen molar-refractivity contribution < 1.29 is 4.74 Å². The topological polar surface area (TPSA) is 59.6 Å². The molecule has 4 nitrogen and oxygen atoms in total. The molecule has 0 radical (unpaired) electrons. The Balaban J connectivity index is 0.00000361. The van der Waals surface area contributed by atoms with Crippen LogP contribution in [0.1, 0.15) is 13.3 Å². The molecule has 20 heavy (non-hydrogen) atoms. The first-order valence-electron chi connectivity index (χ1n) is 5.85. The number of benzene rings is 1. The summed E-state index contributed by atoms with van der Waals surface area (Å²) in [5, 5.41) is 3.87. The van der Waals surface area contributed by atoms with Gasteiger partial charge in [-0.25, -0.2) is 0 Å². The highest BCUT2D eigenvalue weighted by Gasteiger charge is 2.08. The standard InChI is InChI=1S/C12H16BrCl2N3O.HI/c1-2-3-17-12(16)18-4-5-19-11-9(14)6-8(13)7-10(11)15;/h6-7H,2-5H2,1H3,(H3,16,17,18);1H. The lowest BCUT2D eigenvalue weighted by Gasteiger charge is -2.11. The third-order valence-electron chi connectivity index (χ3n) is 2.12. The number of halogens is 4. The van der Waals surface area contributed by atoms with Crippen LogP contribution >= 0.6 is 63.1 Å². The lowest BCUT2D eigenvalue weighted by Crippen LogP contribution is -2.34. The van der Waals surface area contributed by atoms with Gasteiger partial charge in [0.15, 0.2) is 11.7 Å². The number of guanidine groups is 1. The number of nitrogens with one attached hydrogen (secondary N) is 1. The van der Waals surface area contributed by atoms with Gasteiger partial charge in [-0.15, -0.1) is 24.0 Å². The molecule has 1 aromatic rings. The predicted octanol–water partition coefficient (Wildman–Crippen LogP) is 4.07. The van der Waals surface area contributed by atoms with Gasteiger partial charge in [0.2, 0.25) is 0 Å². The van der Waals surface area contributed by atoms with Gasteiger partial charge in [0.25, 0.3) is 0 Å². The first-order valence-corrected chi connectivity index (χ1v) is 7.40. The van der Waals surface area contributed by atoms with E-state index in [1.165, 1.54) is 0 Å². The van der Waals surface area contributed by atoms with Crippen LogP contribution in [0.3, 0.4) is 0 Å². The van der Waals surface area contributed by atoms with Crippen LogP contribution in [0.15, 0.2) is 21.6 Å². The monoisotopic (exact) mass is 495 g/mol. The summed E-state index contributed by atoms with van der Waals surface area (Å²) in [4.78, 5) is 4.10. The maximum absolute atomic E-state index is 6.04. The molecule has 114 valence electrons. The minimum Gasteiger partial charge on any atom is -0.489 e. The number of aliphatic imine (C=N–C) groups is 1. The summed E-state index contributed by atoms with van der Waals surface area (Å²) in [6.07, 6.45) is 0.961. The quantitative estimate of drug-likeness (QED) is 0.270. The Morgan fingerprint density at radius 1 is 1.40 bits per heavy atom. The van der Waals surface area contributed by atoms with E-state index in [0.717, 1.165) is 10.9 Å². The number of ether oxygens (including phenoxy) is 1. The molecule has 0 saturated carbocycles. The van der Waals surface area contributed by atoms with E-state index < -0.39 is 0 Å². The maximum Gasteiger partial charge on any atom is 0.188 e. The van der Waals surface area contributed by atoms with Crippen LogP contribution in [0.2, 0.25) is 10.0 Å². The molecular weight excluding hydrogens is 480 g/mol. The Morgan fingerprint density at radius 3 is 2.55 bits per heavy atom. The summed E-state index contributed by atoms with van der Waals surface area (Å²) in [6.45, 7) is 3.67. The molecular formula is C12H17BrCl2IN3O. The van der Waals surface area contributed by atoms with E-state index in [2.05, 4.69) is 26.2 Å². The largest absolute Gasteiger partial charge is 0.489 e. The van der Waals surface area contributed by atoms with Gasteiger partial charge in [0, 0.05) is 11.0 Å². The maximum atomic E-state index is 6.04. The van der Waals surface area contributed by atoms with Crippen molar-refractivity contribution in [3.05, 3.63) is 26.7 Å². The van der Waals surface area contributed by atoms with Crippen molar-refractivity contribution in [3.8, 4) is 5.75 Å². The van der Waals surface area contributed by atoms with E-state index in [4.69, 9.17) is 33.7 Å². The fourth-order valence-electron chi connectivity index (χ4n) is 1.29. The Bertz CT molecular complexity index is 437. The predicted molar refractivity (Wildman–Crippen MR) is 99.9 cm³/mol. The van der Waals surface area contributed by atoms with Crippen molar-refractivity contribution in [1.82, 2.24) is 5.32 Å². The molecule has 0 aliphatic carbocycles. The van der Waals surface area contributed by atoms with Gasteiger partial charge in [-0.3, -0.25) is 4.99 Å². The van der Waals surface area contributed by atoms with Crippen LogP contribution in [-0.2, 0) is 0 Å². The van der Waals surface area contributed by atoms with E-state index >= 15 is 0 Å². The van der Waals surface area contributed by atoms with Gasteiger partial charge in [-0.2, -0.15) is 0 Å². The molecule has 1 rings (SSSR count). The zero-order chi connectivity index (χ0) is 14.3. The number of rotatable bonds is 6. The van der Waals surface area contributed by atoms with Crippen LogP contribution in [0.4, 0.5) is 0 Å². The number of hydrogen-bond acceptors (Lipinski definition) is 2. The van der Waals surface area contributed by atoms with Gasteiger partial charge >= 0.3 is 0 Å². The SMILES string of the molecule is CCCN=C(N)NCCOc1c(Cl)cc(Br)cc1Cl.I. The average molecular weight is 497 g/mol. The molecule has 0 fully saturated rings. The highest BCUT2D eigenvalue weighted by molar-refractivity contribution is 14.0. The fraction of sp³-hybridized carbons (Fsp3) is 0.417. The lowest BCUT2D eigenvalue weighted by molar-refractivity contribution is 0.322. The fourth-order valence-corrected chi connectivity index (χ4v) is 2.60. The highest BCUT2D eigenvalue weighted by Crippen LogP contribution is 2.35. The second kappa shape index (κ2) is 10.8. The normalized spacial score (nSPS) is 10.9. The van der Waals surface area contributed by atoms with Crippen LogP contribution in [0.25, 0.3) is 0 Å². The Morgan fingerprint density at radius 2 is 2.00 bits per heavy atom. The molecule has 0 aliphatic heterocycles. The van der Waals surface area contributed by atoms with Gasteiger partial charge in [0.05, 0.1) is 16.6 Å². The summed E-state index contributed by atoms with van der Waals surface area (Å²) in [5.74, 6) is 0.885. The molecule has 3 N–H and O–H groups in total. The third-order valence-corrected chi connectivity index (χ3v) is 3.14. The zero-order valence-corrected chi connectivity index (χ0v) is 16.4. The Labute approximate surface area is 154 Å². The van der Waals surface area contributed by atoms with Crippen molar-refractivity contribution in [2.24, 2.45) is 10.7 Å². The summed E-state index contributed by atoms with van der Waals surface area (Å²) < 4.78 is 6.33. The minimum atomic E-state index is 0.